The van der Waals surface area contributed by atoms with Crippen LogP contribution in [0.3, 0.4) is 0 Å². The van der Waals surface area contributed by atoms with Gasteiger partial charge in [-0.05, 0) is 26.0 Å². The molecular formula is C11H14N2OS. The van der Waals surface area contributed by atoms with Crippen LogP contribution in [-0.4, -0.2) is 4.98 Å². The van der Waals surface area contributed by atoms with E-state index in [-0.39, 0.29) is 12.1 Å². The third kappa shape index (κ3) is 2.46. The quantitative estimate of drug-likeness (QED) is 0.863. The molecule has 0 saturated carbocycles. The predicted octanol–water partition coefficient (Wildman–Crippen LogP) is 3.15. The lowest BCUT2D eigenvalue weighted by molar-refractivity contribution is 0.400. The number of hydrogen-bond donors (Lipinski definition) is 1. The fourth-order valence-corrected chi connectivity index (χ4v) is 2.16. The standard InChI is InChI=1S/C11H14N2OS/c1-8(10-6-15-7-12-10)13-9(2)11-4-3-5-14-11/h3-9,13H,1-2H3/t8?,9-/m0/s1. The third-order valence-corrected chi connectivity index (χ3v) is 2.97. The molecule has 2 rings (SSSR count). The van der Waals surface area contributed by atoms with Gasteiger partial charge in [0.15, 0.2) is 0 Å². The third-order valence-electron chi connectivity index (χ3n) is 2.37. The lowest BCUT2D eigenvalue weighted by Crippen LogP contribution is -2.22. The Labute approximate surface area is 93.2 Å². The molecule has 0 spiro atoms. The molecule has 0 radical (unpaired) electrons. The zero-order chi connectivity index (χ0) is 10.7. The van der Waals surface area contributed by atoms with E-state index in [0.717, 1.165) is 11.5 Å². The van der Waals surface area contributed by atoms with Crippen molar-refractivity contribution in [1.82, 2.24) is 10.3 Å². The van der Waals surface area contributed by atoms with Gasteiger partial charge in [-0.3, -0.25) is 5.32 Å². The topological polar surface area (TPSA) is 38.1 Å². The van der Waals surface area contributed by atoms with Crippen LogP contribution >= 0.6 is 11.3 Å². The summed E-state index contributed by atoms with van der Waals surface area (Å²) in [5.74, 6) is 0.956. The van der Waals surface area contributed by atoms with Crippen LogP contribution in [0.5, 0.6) is 0 Å². The normalized spacial score (nSPS) is 15.1. The van der Waals surface area contributed by atoms with Gasteiger partial charge in [-0.25, -0.2) is 4.98 Å². The molecular weight excluding hydrogens is 208 g/mol. The van der Waals surface area contributed by atoms with Crippen molar-refractivity contribution in [2.24, 2.45) is 0 Å². The first kappa shape index (κ1) is 10.4. The van der Waals surface area contributed by atoms with Gasteiger partial charge >= 0.3 is 0 Å². The van der Waals surface area contributed by atoms with Crippen molar-refractivity contribution in [3.05, 3.63) is 40.7 Å². The highest BCUT2D eigenvalue weighted by Crippen LogP contribution is 2.19. The Kier molecular flexibility index (Phi) is 3.18. The van der Waals surface area contributed by atoms with E-state index in [9.17, 15) is 0 Å². The van der Waals surface area contributed by atoms with E-state index in [2.05, 4.69) is 29.5 Å². The Balaban J connectivity index is 1.98. The average Bonchev–Trinajstić information content (AvgIpc) is 2.91. The molecule has 1 N–H and O–H groups in total. The molecule has 0 aromatic carbocycles. The molecule has 2 heterocycles. The van der Waals surface area contributed by atoms with Crippen LogP contribution in [-0.2, 0) is 0 Å². The van der Waals surface area contributed by atoms with E-state index < -0.39 is 0 Å². The van der Waals surface area contributed by atoms with Gasteiger partial charge in [0.1, 0.15) is 5.76 Å². The summed E-state index contributed by atoms with van der Waals surface area (Å²) in [5.41, 5.74) is 2.93. The Morgan fingerprint density at radius 1 is 1.40 bits per heavy atom. The maximum atomic E-state index is 5.33. The maximum Gasteiger partial charge on any atom is 0.120 e. The fraction of sp³-hybridized carbons (Fsp3) is 0.364. The second-order valence-corrected chi connectivity index (χ2v) is 4.26. The molecule has 2 aromatic rings. The van der Waals surface area contributed by atoms with Gasteiger partial charge in [0.05, 0.1) is 23.5 Å². The van der Waals surface area contributed by atoms with Gasteiger partial charge in [0.25, 0.3) is 0 Å². The summed E-state index contributed by atoms with van der Waals surface area (Å²) in [7, 11) is 0. The van der Waals surface area contributed by atoms with E-state index in [4.69, 9.17) is 4.42 Å². The monoisotopic (exact) mass is 222 g/mol. The van der Waals surface area contributed by atoms with E-state index >= 15 is 0 Å². The largest absolute Gasteiger partial charge is 0.468 e. The van der Waals surface area contributed by atoms with Crippen molar-refractivity contribution in [2.45, 2.75) is 25.9 Å². The lowest BCUT2D eigenvalue weighted by Gasteiger charge is -2.16. The van der Waals surface area contributed by atoms with E-state index in [1.807, 2.05) is 17.6 Å². The van der Waals surface area contributed by atoms with Crippen LogP contribution in [0.1, 0.15) is 37.4 Å². The van der Waals surface area contributed by atoms with Crippen molar-refractivity contribution < 1.29 is 4.42 Å². The average molecular weight is 222 g/mol. The van der Waals surface area contributed by atoms with E-state index in [0.29, 0.717) is 0 Å². The van der Waals surface area contributed by atoms with Gasteiger partial charge in [-0.1, -0.05) is 0 Å². The second-order valence-electron chi connectivity index (χ2n) is 3.54. The summed E-state index contributed by atoms with van der Waals surface area (Å²) in [6.07, 6.45) is 1.70. The van der Waals surface area contributed by atoms with Crippen molar-refractivity contribution >= 4 is 11.3 Å². The molecule has 2 atom stereocenters. The highest BCUT2D eigenvalue weighted by atomic mass is 32.1. The molecule has 3 nitrogen and oxygen atoms in total. The number of aromatic nitrogens is 1. The van der Waals surface area contributed by atoms with Gasteiger partial charge in [-0.15, -0.1) is 11.3 Å². The van der Waals surface area contributed by atoms with Gasteiger partial charge in [0, 0.05) is 11.4 Å². The molecule has 2 aromatic heterocycles. The van der Waals surface area contributed by atoms with Crippen molar-refractivity contribution in [2.75, 3.05) is 0 Å². The second kappa shape index (κ2) is 4.59. The fourth-order valence-electron chi connectivity index (χ4n) is 1.52. The molecule has 4 heteroatoms. The summed E-state index contributed by atoms with van der Waals surface area (Å²) in [5, 5.41) is 5.50. The van der Waals surface area contributed by atoms with Gasteiger partial charge in [0.2, 0.25) is 0 Å². The Hall–Kier alpha value is -1.13. The van der Waals surface area contributed by atoms with E-state index in [1.54, 1.807) is 17.6 Å². The van der Waals surface area contributed by atoms with Crippen LogP contribution in [0.2, 0.25) is 0 Å². The Morgan fingerprint density at radius 2 is 2.27 bits per heavy atom. The first-order chi connectivity index (χ1) is 7.27. The molecule has 0 aliphatic carbocycles. The van der Waals surface area contributed by atoms with Crippen molar-refractivity contribution in [3.8, 4) is 0 Å². The van der Waals surface area contributed by atoms with Crippen LogP contribution in [0, 0.1) is 0 Å². The molecule has 15 heavy (non-hydrogen) atoms. The first-order valence-corrected chi connectivity index (χ1v) is 5.89. The minimum absolute atomic E-state index is 0.205. The number of hydrogen-bond acceptors (Lipinski definition) is 4. The van der Waals surface area contributed by atoms with E-state index in [1.165, 1.54) is 0 Å². The SMILES string of the molecule is CC(N[C@@H](C)c1ccco1)c1cscn1. The summed E-state index contributed by atoms with van der Waals surface area (Å²) in [6, 6.07) is 4.33. The maximum absolute atomic E-state index is 5.33. The number of nitrogens with one attached hydrogen (secondary N) is 1. The van der Waals surface area contributed by atoms with Crippen LogP contribution in [0.15, 0.2) is 33.7 Å². The summed E-state index contributed by atoms with van der Waals surface area (Å²) >= 11 is 1.62. The molecule has 0 fully saturated rings. The minimum atomic E-state index is 0.205. The smallest absolute Gasteiger partial charge is 0.120 e. The molecule has 0 saturated heterocycles. The summed E-state index contributed by atoms with van der Waals surface area (Å²) in [4.78, 5) is 4.28. The number of furan rings is 1. The molecule has 0 bridgehead atoms. The van der Waals surface area contributed by atoms with Gasteiger partial charge in [-0.2, -0.15) is 0 Å². The van der Waals surface area contributed by atoms with Crippen LogP contribution < -0.4 is 5.32 Å². The molecule has 0 amide bonds. The zero-order valence-corrected chi connectivity index (χ0v) is 9.62. The minimum Gasteiger partial charge on any atom is -0.468 e. The van der Waals surface area contributed by atoms with Crippen molar-refractivity contribution in [3.63, 3.8) is 0 Å². The highest BCUT2D eigenvalue weighted by molar-refractivity contribution is 7.07. The van der Waals surface area contributed by atoms with Crippen LogP contribution in [0.25, 0.3) is 0 Å². The molecule has 1 unspecified atom stereocenters. The zero-order valence-electron chi connectivity index (χ0n) is 8.81. The Bertz CT molecular complexity index is 344. The van der Waals surface area contributed by atoms with Crippen LogP contribution in [0.4, 0.5) is 0 Å². The predicted molar refractivity (Wildman–Crippen MR) is 60.8 cm³/mol. The Morgan fingerprint density at radius 3 is 2.87 bits per heavy atom. The molecule has 0 aliphatic rings. The number of thiazole rings is 1. The highest BCUT2D eigenvalue weighted by Gasteiger charge is 2.13. The molecule has 80 valence electrons. The number of nitrogens with zero attached hydrogens (tertiary/aromatic N) is 1. The summed E-state index contributed by atoms with van der Waals surface area (Å²) in [6.45, 7) is 4.19. The summed E-state index contributed by atoms with van der Waals surface area (Å²) < 4.78 is 5.33. The first-order valence-electron chi connectivity index (χ1n) is 4.95. The number of rotatable bonds is 4. The molecule has 0 aliphatic heterocycles. The lowest BCUT2D eigenvalue weighted by atomic mass is 10.2. The van der Waals surface area contributed by atoms with Gasteiger partial charge < -0.3 is 4.42 Å². The van der Waals surface area contributed by atoms with Crippen molar-refractivity contribution in [1.29, 1.82) is 0 Å².